The highest BCUT2D eigenvalue weighted by Gasteiger charge is 2.08. The first-order valence-corrected chi connectivity index (χ1v) is 5.83. The first-order valence-electron chi connectivity index (χ1n) is 5.83. The van der Waals surface area contributed by atoms with E-state index in [1.807, 2.05) is 10.9 Å². The van der Waals surface area contributed by atoms with Crippen molar-refractivity contribution >= 4 is 0 Å². The van der Waals surface area contributed by atoms with Crippen LogP contribution < -0.4 is 4.74 Å². The molecule has 0 aliphatic heterocycles. The van der Waals surface area contributed by atoms with Crippen LogP contribution in [0.4, 0.5) is 0 Å². The monoisotopic (exact) mass is 230 g/mol. The van der Waals surface area contributed by atoms with E-state index in [9.17, 15) is 0 Å². The summed E-state index contributed by atoms with van der Waals surface area (Å²) in [6.07, 6.45) is 3.98. The molecular weight excluding hydrogens is 212 g/mol. The van der Waals surface area contributed by atoms with Crippen LogP contribution in [-0.2, 0) is 6.54 Å². The van der Waals surface area contributed by atoms with Crippen molar-refractivity contribution in [1.82, 2.24) is 9.78 Å². The van der Waals surface area contributed by atoms with Gasteiger partial charge in [0, 0.05) is 18.3 Å². The molecule has 2 rings (SSSR count). The molecule has 0 unspecified atom stereocenters. The summed E-state index contributed by atoms with van der Waals surface area (Å²) in [5, 5.41) is 4.30. The molecule has 0 atom stereocenters. The number of ether oxygens (including phenoxy) is 1. The van der Waals surface area contributed by atoms with Crippen LogP contribution >= 0.6 is 0 Å². The van der Waals surface area contributed by atoms with Crippen LogP contribution in [-0.4, -0.2) is 16.9 Å². The van der Waals surface area contributed by atoms with Gasteiger partial charge in [-0.15, -0.1) is 0 Å². The molecule has 0 fully saturated rings. The van der Waals surface area contributed by atoms with Gasteiger partial charge >= 0.3 is 0 Å². The van der Waals surface area contributed by atoms with Gasteiger partial charge in [0.25, 0.3) is 0 Å². The van der Waals surface area contributed by atoms with Crippen molar-refractivity contribution < 1.29 is 4.74 Å². The minimum absolute atomic E-state index is 0.897. The van der Waals surface area contributed by atoms with Crippen molar-refractivity contribution in [2.75, 3.05) is 7.11 Å². The fraction of sp³-hybridized carbons (Fsp3) is 0.357. The predicted molar refractivity (Wildman–Crippen MR) is 69.4 cm³/mol. The molecule has 0 saturated heterocycles. The average molecular weight is 230 g/mol. The highest BCUT2D eigenvalue weighted by Crippen LogP contribution is 2.29. The Labute approximate surface area is 102 Å². The van der Waals surface area contributed by atoms with Crippen molar-refractivity contribution in [2.45, 2.75) is 27.3 Å². The van der Waals surface area contributed by atoms with Gasteiger partial charge in [0.05, 0.1) is 13.3 Å². The summed E-state index contributed by atoms with van der Waals surface area (Å²) in [6.45, 7) is 7.12. The molecule has 0 bridgehead atoms. The Hall–Kier alpha value is -1.77. The maximum Gasteiger partial charge on any atom is 0.124 e. The normalized spacial score (nSPS) is 10.6. The Morgan fingerprint density at radius 1 is 1.18 bits per heavy atom. The molecule has 0 amide bonds. The smallest absolute Gasteiger partial charge is 0.124 e. The Balaban J connectivity index is 2.46. The van der Waals surface area contributed by atoms with Crippen LogP contribution in [0.1, 0.15) is 18.1 Å². The molecule has 2 aromatic rings. The number of methoxy groups -OCH3 is 1. The predicted octanol–water partition coefficient (Wildman–Crippen LogP) is 3.20. The second-order valence-corrected chi connectivity index (χ2v) is 4.23. The summed E-state index contributed by atoms with van der Waals surface area (Å²) in [7, 11) is 1.71. The van der Waals surface area contributed by atoms with Gasteiger partial charge < -0.3 is 4.74 Å². The summed E-state index contributed by atoms with van der Waals surface area (Å²) in [5.41, 5.74) is 4.67. The van der Waals surface area contributed by atoms with Gasteiger partial charge in [-0.3, -0.25) is 4.68 Å². The van der Waals surface area contributed by atoms with Crippen LogP contribution in [0, 0.1) is 13.8 Å². The highest BCUT2D eigenvalue weighted by atomic mass is 16.5. The molecule has 3 heteroatoms. The van der Waals surface area contributed by atoms with Crippen LogP contribution in [0.5, 0.6) is 5.75 Å². The van der Waals surface area contributed by atoms with E-state index in [4.69, 9.17) is 4.74 Å². The molecule has 1 heterocycles. The van der Waals surface area contributed by atoms with E-state index in [1.165, 1.54) is 5.56 Å². The average Bonchev–Trinajstić information content (AvgIpc) is 2.77. The highest BCUT2D eigenvalue weighted by molar-refractivity contribution is 5.66. The van der Waals surface area contributed by atoms with Crippen LogP contribution in [0.15, 0.2) is 24.5 Å². The van der Waals surface area contributed by atoms with Gasteiger partial charge in [0.15, 0.2) is 0 Å². The van der Waals surface area contributed by atoms with Gasteiger partial charge in [0.2, 0.25) is 0 Å². The quantitative estimate of drug-likeness (QED) is 0.809. The number of benzene rings is 1. The summed E-state index contributed by atoms with van der Waals surface area (Å²) < 4.78 is 7.31. The van der Waals surface area contributed by atoms with Gasteiger partial charge in [-0.25, -0.2) is 0 Å². The third-order valence-corrected chi connectivity index (χ3v) is 2.96. The standard InChI is InChI=1S/C14H18N2O/c1-5-16-9-13(8-15-16)12-6-10(2)14(17-4)11(3)7-12/h6-9H,5H2,1-4H3. The lowest BCUT2D eigenvalue weighted by molar-refractivity contribution is 0.408. The molecular formula is C14H18N2O. The molecule has 0 aliphatic carbocycles. The van der Waals surface area contributed by atoms with E-state index in [0.717, 1.165) is 29.0 Å². The van der Waals surface area contributed by atoms with E-state index in [1.54, 1.807) is 7.11 Å². The summed E-state index contributed by atoms with van der Waals surface area (Å²) in [4.78, 5) is 0. The van der Waals surface area contributed by atoms with E-state index in [0.29, 0.717) is 0 Å². The Morgan fingerprint density at radius 2 is 1.82 bits per heavy atom. The fourth-order valence-electron chi connectivity index (χ4n) is 2.12. The van der Waals surface area contributed by atoms with E-state index < -0.39 is 0 Å². The third-order valence-electron chi connectivity index (χ3n) is 2.96. The minimum atomic E-state index is 0.897. The van der Waals surface area contributed by atoms with Crippen LogP contribution in [0.2, 0.25) is 0 Å². The second-order valence-electron chi connectivity index (χ2n) is 4.23. The molecule has 0 radical (unpaired) electrons. The fourth-order valence-corrected chi connectivity index (χ4v) is 2.12. The molecule has 0 spiro atoms. The number of hydrogen-bond donors (Lipinski definition) is 0. The van der Waals surface area contributed by atoms with Crippen molar-refractivity contribution in [2.24, 2.45) is 0 Å². The lowest BCUT2D eigenvalue weighted by atomic mass is 10.0. The Kier molecular flexibility index (Phi) is 3.18. The molecule has 0 aliphatic rings. The molecule has 1 aromatic carbocycles. The van der Waals surface area contributed by atoms with Gasteiger partial charge in [-0.2, -0.15) is 5.10 Å². The number of aryl methyl sites for hydroxylation is 3. The zero-order valence-electron chi connectivity index (χ0n) is 10.8. The molecule has 3 nitrogen and oxygen atoms in total. The second kappa shape index (κ2) is 4.62. The molecule has 0 saturated carbocycles. The minimum Gasteiger partial charge on any atom is -0.496 e. The van der Waals surface area contributed by atoms with Crippen molar-refractivity contribution in [1.29, 1.82) is 0 Å². The topological polar surface area (TPSA) is 27.1 Å². The largest absolute Gasteiger partial charge is 0.496 e. The number of aromatic nitrogens is 2. The van der Waals surface area contributed by atoms with Gasteiger partial charge in [-0.1, -0.05) is 0 Å². The van der Waals surface area contributed by atoms with Crippen LogP contribution in [0.3, 0.4) is 0 Å². The van der Waals surface area contributed by atoms with Crippen LogP contribution in [0.25, 0.3) is 11.1 Å². The molecule has 17 heavy (non-hydrogen) atoms. The number of nitrogens with zero attached hydrogens (tertiary/aromatic N) is 2. The SMILES string of the molecule is CCn1cc(-c2cc(C)c(OC)c(C)c2)cn1. The van der Waals surface area contributed by atoms with Gasteiger partial charge in [0.1, 0.15) is 5.75 Å². The third kappa shape index (κ3) is 2.18. The van der Waals surface area contributed by atoms with Gasteiger partial charge in [-0.05, 0) is 49.6 Å². The maximum absolute atomic E-state index is 5.37. The zero-order valence-corrected chi connectivity index (χ0v) is 10.8. The Morgan fingerprint density at radius 3 is 2.29 bits per heavy atom. The van der Waals surface area contributed by atoms with Crippen molar-refractivity contribution in [3.8, 4) is 16.9 Å². The summed E-state index contributed by atoms with van der Waals surface area (Å²) in [6, 6.07) is 4.28. The Bertz CT molecular complexity index is 506. The van der Waals surface area contributed by atoms with E-state index >= 15 is 0 Å². The van der Waals surface area contributed by atoms with E-state index in [2.05, 4.69) is 44.2 Å². The summed E-state index contributed by atoms with van der Waals surface area (Å²) in [5.74, 6) is 0.969. The van der Waals surface area contributed by atoms with Crippen molar-refractivity contribution in [3.05, 3.63) is 35.7 Å². The summed E-state index contributed by atoms with van der Waals surface area (Å²) >= 11 is 0. The molecule has 90 valence electrons. The van der Waals surface area contributed by atoms with E-state index in [-0.39, 0.29) is 0 Å². The lowest BCUT2D eigenvalue weighted by Gasteiger charge is -2.10. The first-order chi connectivity index (χ1) is 8.15. The lowest BCUT2D eigenvalue weighted by Crippen LogP contribution is -1.93. The molecule has 0 N–H and O–H groups in total. The number of rotatable bonds is 3. The van der Waals surface area contributed by atoms with Crippen molar-refractivity contribution in [3.63, 3.8) is 0 Å². The first kappa shape index (κ1) is 11.7. The maximum atomic E-state index is 5.37. The molecule has 1 aromatic heterocycles. The number of hydrogen-bond acceptors (Lipinski definition) is 2. The zero-order chi connectivity index (χ0) is 12.4.